The number of allylic oxidation sites excluding steroid dienone is 2. The molecule has 0 spiro atoms. The Hall–Kier alpha value is -0.867. The van der Waals surface area contributed by atoms with E-state index < -0.39 is 0 Å². The number of benzene rings is 4. The molecule has 2 aliphatic heterocycles. The van der Waals surface area contributed by atoms with Gasteiger partial charge in [0.1, 0.15) is 0 Å². The van der Waals surface area contributed by atoms with Crippen LogP contribution in [0.25, 0.3) is 12.2 Å². The fourth-order valence-corrected chi connectivity index (χ4v) is 6.49. The van der Waals surface area contributed by atoms with Crippen molar-refractivity contribution in [2.24, 2.45) is 0 Å². The third kappa shape index (κ3) is 5.90. The first-order valence-corrected chi connectivity index (χ1v) is 13.2. The van der Waals surface area contributed by atoms with Crippen molar-refractivity contribution in [2.45, 2.75) is 21.6 Å². The van der Waals surface area contributed by atoms with Gasteiger partial charge in [-0.2, -0.15) is 11.1 Å². The van der Waals surface area contributed by atoms with Crippen LogP contribution in [0.3, 0.4) is 0 Å². The molecule has 8 rings (SSSR count). The zero-order chi connectivity index (χ0) is 22.4. The summed E-state index contributed by atoms with van der Waals surface area (Å²) in [6, 6.07) is 30.2. The van der Waals surface area contributed by atoms with E-state index >= 15 is 0 Å². The van der Waals surface area contributed by atoms with Crippen LogP contribution in [0.5, 0.6) is 0 Å². The summed E-state index contributed by atoms with van der Waals surface area (Å²) >= 11 is 9.01. The van der Waals surface area contributed by atoms with Gasteiger partial charge in [0.15, 0.2) is 0 Å². The average molecular weight is 732 g/mol. The predicted molar refractivity (Wildman–Crippen MR) is 144 cm³/mol. The van der Waals surface area contributed by atoms with Gasteiger partial charge in [0.2, 0.25) is 0 Å². The molecule has 0 amide bonds. The minimum atomic E-state index is 0. The van der Waals surface area contributed by atoms with Crippen LogP contribution in [0.2, 0.25) is 0 Å². The molecule has 6 heteroatoms. The van der Waals surface area contributed by atoms with Gasteiger partial charge in [-0.1, -0.05) is 111 Å². The van der Waals surface area contributed by atoms with Gasteiger partial charge < -0.3 is 24.8 Å². The smallest absolute Gasteiger partial charge is 1.00 e. The summed E-state index contributed by atoms with van der Waals surface area (Å²) in [5, 5.41) is 0. The van der Waals surface area contributed by atoms with Gasteiger partial charge in [0, 0.05) is 18.7 Å². The van der Waals surface area contributed by atoms with E-state index in [0.717, 1.165) is 4.47 Å². The average Bonchev–Trinajstić information content (AvgIpc) is 3.45. The Morgan fingerprint density at radius 3 is 2.08 bits per heavy atom. The van der Waals surface area contributed by atoms with Crippen LogP contribution in [0.4, 0.5) is 0 Å². The third-order valence-electron chi connectivity index (χ3n) is 6.17. The van der Waals surface area contributed by atoms with E-state index in [9.17, 15) is 0 Å². The number of hydrogen-bond donors (Lipinski definition) is 0. The summed E-state index contributed by atoms with van der Waals surface area (Å²) in [6.07, 6.45) is 11.1. The molecule has 2 aliphatic carbocycles. The van der Waals surface area contributed by atoms with E-state index in [1.165, 1.54) is 47.6 Å². The van der Waals surface area contributed by atoms with E-state index in [-0.39, 0.29) is 56.9 Å². The Kier molecular flexibility index (Phi) is 10.5. The second-order valence-electron chi connectivity index (χ2n) is 8.26. The zero-order valence-corrected chi connectivity index (χ0v) is 26.8. The van der Waals surface area contributed by atoms with Gasteiger partial charge in [-0.15, -0.1) is 23.3 Å². The molecule has 4 aromatic rings. The second-order valence-corrected chi connectivity index (χ2v) is 11.1. The molecule has 176 valence electrons. The maximum Gasteiger partial charge on any atom is 4.00 e. The van der Waals surface area contributed by atoms with E-state index in [4.69, 9.17) is 0 Å². The van der Waals surface area contributed by atoms with Gasteiger partial charge in [0.05, 0.1) is 0 Å². The van der Waals surface area contributed by atoms with E-state index in [0.29, 0.717) is 5.92 Å². The summed E-state index contributed by atoms with van der Waals surface area (Å²) in [4.78, 5) is 2.58. The van der Waals surface area contributed by atoms with Gasteiger partial charge in [-0.05, 0) is 28.1 Å². The molecule has 4 aromatic carbocycles. The third-order valence-corrected chi connectivity index (χ3v) is 8.63. The Labute approximate surface area is 265 Å². The molecule has 0 saturated heterocycles. The molecule has 2 atom stereocenters. The molecule has 2 heterocycles. The summed E-state index contributed by atoms with van der Waals surface area (Å²) in [5.41, 5.74) is 7.92. The largest absolute Gasteiger partial charge is 4.00 e. The maximum atomic E-state index is 3.67. The van der Waals surface area contributed by atoms with Crippen molar-refractivity contribution >= 4 is 55.8 Å². The summed E-state index contributed by atoms with van der Waals surface area (Å²) in [6.45, 7) is 0. The normalized spacial score (nSPS) is 16.7. The monoisotopic (exact) mass is 728 g/mol. The molecule has 0 saturated carbocycles. The van der Waals surface area contributed by atoms with Crippen molar-refractivity contribution in [2.75, 3.05) is 0 Å². The van der Waals surface area contributed by atoms with Crippen LogP contribution in [0, 0.1) is 12.2 Å². The fraction of sp³-hybridized carbons (Fsp3) is 0.0667. The molecule has 0 fully saturated rings. The second kappa shape index (κ2) is 12.8. The molecule has 6 bridgehead atoms. The molecule has 0 N–H and O–H groups in total. The topological polar surface area (TPSA) is 0 Å². The Morgan fingerprint density at radius 1 is 0.639 bits per heavy atom. The van der Waals surface area contributed by atoms with Crippen LogP contribution in [-0.4, -0.2) is 0 Å². The standard InChI is InChI=1S/C15H8BrS.C15H10Br.2ClH.Zr/c16-14-8-13-10-4-5-12(13)9-2-1-3-11(6-9)17-15(14)7-10;16-13-8-6-12-7-9-14(15(12)10-13)11-4-2-1-3-5-11;;;/h1-4,6-8,12H;1-8,10,14H;2*1H;/q2*-1;;;+4/p-2. The Balaban J connectivity index is 0.000000185. The van der Waals surface area contributed by atoms with Crippen molar-refractivity contribution in [1.82, 2.24) is 0 Å². The van der Waals surface area contributed by atoms with Crippen molar-refractivity contribution in [3.8, 4) is 0 Å². The van der Waals surface area contributed by atoms with Crippen molar-refractivity contribution < 1.29 is 51.0 Å². The molecule has 0 aromatic heterocycles. The van der Waals surface area contributed by atoms with Gasteiger partial charge in [-0.3, -0.25) is 12.2 Å². The number of rotatable bonds is 1. The van der Waals surface area contributed by atoms with Crippen molar-refractivity contribution in [3.05, 3.63) is 139 Å². The fourth-order valence-electron chi connectivity index (χ4n) is 4.57. The molecule has 36 heavy (non-hydrogen) atoms. The molecule has 0 nitrogen and oxygen atoms in total. The summed E-state index contributed by atoms with van der Waals surface area (Å²) < 4.78 is 2.31. The Morgan fingerprint density at radius 2 is 1.31 bits per heavy atom. The first-order valence-electron chi connectivity index (χ1n) is 10.8. The van der Waals surface area contributed by atoms with Crippen LogP contribution in [0.1, 0.15) is 45.2 Å². The quantitative estimate of drug-likeness (QED) is 0.271. The van der Waals surface area contributed by atoms with Gasteiger partial charge in [-0.25, -0.2) is 12.2 Å². The minimum absolute atomic E-state index is 0. The van der Waals surface area contributed by atoms with Gasteiger partial charge in [0.25, 0.3) is 0 Å². The first kappa shape index (κ1) is 29.7. The number of hydrogen-bond acceptors (Lipinski definition) is 1. The summed E-state index contributed by atoms with van der Waals surface area (Å²) in [7, 11) is 0. The molecular weight excluding hydrogens is 714 g/mol. The summed E-state index contributed by atoms with van der Waals surface area (Å²) in [5.74, 6) is 0.586. The van der Waals surface area contributed by atoms with Crippen molar-refractivity contribution in [3.63, 3.8) is 0 Å². The van der Waals surface area contributed by atoms with Crippen LogP contribution in [-0.2, 0) is 26.2 Å². The van der Waals surface area contributed by atoms with Crippen LogP contribution >= 0.6 is 43.6 Å². The molecule has 2 unspecified atom stereocenters. The molecular formula is C30H18Br2Cl2SZr. The van der Waals surface area contributed by atoms with Gasteiger partial charge >= 0.3 is 26.2 Å². The van der Waals surface area contributed by atoms with E-state index in [1.54, 1.807) is 0 Å². The van der Waals surface area contributed by atoms with Crippen molar-refractivity contribution in [1.29, 1.82) is 0 Å². The molecule has 0 radical (unpaired) electrons. The van der Waals surface area contributed by atoms with E-state index in [2.05, 4.69) is 135 Å². The Bertz CT molecular complexity index is 1440. The SMILES string of the molecule is Brc1cc2c3cc1Sc1cccc(c1)C2[C-]=C3.Brc1ccc2c(c1)C(c1ccccc1)[C-]=C2.[Cl-].[Cl-].[Zr+4]. The predicted octanol–water partition coefficient (Wildman–Crippen LogP) is 3.29. The number of fused-ring (bicyclic) bond motifs is 2. The van der Waals surface area contributed by atoms with Crippen LogP contribution < -0.4 is 24.8 Å². The number of halogens is 4. The first-order chi connectivity index (χ1) is 16.2. The van der Waals surface area contributed by atoms with Crippen LogP contribution in [0.15, 0.2) is 104 Å². The zero-order valence-electron chi connectivity index (χ0n) is 18.8. The maximum absolute atomic E-state index is 3.67. The molecule has 4 aliphatic rings. The van der Waals surface area contributed by atoms with E-state index in [1.807, 2.05) is 17.8 Å². The minimum Gasteiger partial charge on any atom is -1.00 e.